The highest BCUT2D eigenvalue weighted by atomic mass is 35.5. The maximum absolute atomic E-state index is 12.3. The molecule has 2 aliphatic heterocycles. The number of nitrogens with one attached hydrogen (secondary N) is 1. The van der Waals surface area contributed by atoms with Gasteiger partial charge in [0.1, 0.15) is 5.02 Å². The fourth-order valence-corrected chi connectivity index (χ4v) is 3.98. The van der Waals surface area contributed by atoms with E-state index >= 15 is 0 Å². The molecule has 1 aromatic rings. The lowest BCUT2D eigenvalue weighted by molar-refractivity contribution is 0.356. The van der Waals surface area contributed by atoms with Gasteiger partial charge < -0.3 is 10.2 Å². The van der Waals surface area contributed by atoms with Crippen LogP contribution in [0.5, 0.6) is 0 Å². The molecule has 6 heteroatoms. The normalized spacial score (nSPS) is 26.9. The van der Waals surface area contributed by atoms with Crippen molar-refractivity contribution >= 4 is 17.3 Å². The number of hydrogen-bond acceptors (Lipinski definition) is 4. The van der Waals surface area contributed by atoms with E-state index in [1.54, 1.807) is 12.3 Å². The van der Waals surface area contributed by atoms with Crippen LogP contribution in [0.25, 0.3) is 0 Å². The van der Waals surface area contributed by atoms with Gasteiger partial charge in [-0.05, 0) is 25.7 Å². The van der Waals surface area contributed by atoms with E-state index in [1.165, 1.54) is 4.68 Å². The summed E-state index contributed by atoms with van der Waals surface area (Å²) in [5.41, 5.74) is 0.470. The molecule has 5 nitrogen and oxygen atoms in total. The van der Waals surface area contributed by atoms with E-state index < -0.39 is 0 Å². The maximum Gasteiger partial charge on any atom is 0.287 e. The Morgan fingerprint density at radius 1 is 1.57 bits per heavy atom. The maximum atomic E-state index is 12.3. The molecule has 3 heterocycles. The number of halogens is 1. The van der Waals surface area contributed by atoms with Crippen molar-refractivity contribution in [3.8, 4) is 0 Å². The topological polar surface area (TPSA) is 50.2 Å². The number of rotatable bonds is 3. The molecule has 3 rings (SSSR count). The van der Waals surface area contributed by atoms with Crippen molar-refractivity contribution < 1.29 is 0 Å². The van der Waals surface area contributed by atoms with Crippen LogP contribution in [0.2, 0.25) is 5.02 Å². The van der Waals surface area contributed by atoms with Crippen molar-refractivity contribution in [3.05, 3.63) is 34.2 Å². The number of anilines is 1. The van der Waals surface area contributed by atoms with Gasteiger partial charge in [0.2, 0.25) is 0 Å². The highest BCUT2D eigenvalue weighted by molar-refractivity contribution is 6.33. The van der Waals surface area contributed by atoms with E-state index in [9.17, 15) is 4.79 Å². The van der Waals surface area contributed by atoms with E-state index in [1.807, 2.05) is 0 Å². The molecule has 2 unspecified atom stereocenters. The standard InChI is InChI=1S/C15H21ClN4O/c1-4-5-20-14(21)13(16)12(8-18-20)19-9-10-6-17-7-11(10)15(19,2)3/h4,8,10-11,17H,1,5-7,9H2,2-3H3. The van der Waals surface area contributed by atoms with Crippen LogP contribution in [0.4, 0.5) is 5.69 Å². The summed E-state index contributed by atoms with van der Waals surface area (Å²) in [5.74, 6) is 1.18. The van der Waals surface area contributed by atoms with E-state index in [0.29, 0.717) is 18.4 Å². The van der Waals surface area contributed by atoms with Crippen LogP contribution in [-0.2, 0) is 6.54 Å². The monoisotopic (exact) mass is 308 g/mol. The summed E-state index contributed by atoms with van der Waals surface area (Å²) < 4.78 is 1.34. The smallest absolute Gasteiger partial charge is 0.287 e. The van der Waals surface area contributed by atoms with Gasteiger partial charge in [0.05, 0.1) is 18.4 Å². The lowest BCUT2D eigenvalue weighted by Crippen LogP contribution is -2.45. The molecule has 0 bridgehead atoms. The SMILES string of the molecule is C=CCn1ncc(N2CC3CNCC3C2(C)C)c(Cl)c1=O. The summed E-state index contributed by atoms with van der Waals surface area (Å²) in [5, 5.41) is 7.93. The molecule has 2 atom stereocenters. The summed E-state index contributed by atoms with van der Waals surface area (Å²) in [6, 6.07) is 0. The molecule has 1 aromatic heterocycles. The van der Waals surface area contributed by atoms with Crippen molar-refractivity contribution in [1.82, 2.24) is 15.1 Å². The minimum Gasteiger partial charge on any atom is -0.363 e. The summed E-state index contributed by atoms with van der Waals surface area (Å²) in [4.78, 5) is 14.5. The van der Waals surface area contributed by atoms with Crippen molar-refractivity contribution in [2.45, 2.75) is 25.9 Å². The molecule has 1 N–H and O–H groups in total. The predicted molar refractivity (Wildman–Crippen MR) is 85.0 cm³/mol. The quantitative estimate of drug-likeness (QED) is 0.860. The zero-order valence-electron chi connectivity index (χ0n) is 12.5. The fraction of sp³-hybridized carbons (Fsp3) is 0.600. The van der Waals surface area contributed by atoms with Gasteiger partial charge in [-0.25, -0.2) is 4.68 Å². The minimum absolute atomic E-state index is 0.0312. The third kappa shape index (κ3) is 2.19. The van der Waals surface area contributed by atoms with Crippen LogP contribution in [0.1, 0.15) is 13.8 Å². The Morgan fingerprint density at radius 3 is 3.00 bits per heavy atom. The van der Waals surface area contributed by atoms with Crippen molar-refractivity contribution in [2.75, 3.05) is 24.5 Å². The van der Waals surface area contributed by atoms with Crippen LogP contribution >= 0.6 is 11.6 Å². The Bertz CT molecular complexity index is 625. The van der Waals surface area contributed by atoms with Crippen LogP contribution < -0.4 is 15.8 Å². The largest absolute Gasteiger partial charge is 0.363 e. The van der Waals surface area contributed by atoms with E-state index in [-0.39, 0.29) is 16.1 Å². The first-order valence-electron chi connectivity index (χ1n) is 7.31. The zero-order valence-corrected chi connectivity index (χ0v) is 13.2. The molecule has 2 fully saturated rings. The Labute approximate surface area is 129 Å². The average molecular weight is 309 g/mol. The van der Waals surface area contributed by atoms with Crippen LogP contribution in [0, 0.1) is 11.8 Å². The van der Waals surface area contributed by atoms with Gasteiger partial charge >= 0.3 is 0 Å². The van der Waals surface area contributed by atoms with E-state index in [2.05, 4.69) is 35.7 Å². The first-order valence-corrected chi connectivity index (χ1v) is 7.69. The van der Waals surface area contributed by atoms with E-state index in [4.69, 9.17) is 11.6 Å². The summed E-state index contributed by atoms with van der Waals surface area (Å²) in [6.45, 7) is 11.4. The van der Waals surface area contributed by atoms with Crippen molar-refractivity contribution in [2.24, 2.45) is 11.8 Å². The highest BCUT2D eigenvalue weighted by Crippen LogP contribution is 2.44. The lowest BCUT2D eigenvalue weighted by Gasteiger charge is -2.37. The Morgan fingerprint density at radius 2 is 2.33 bits per heavy atom. The number of fused-ring (bicyclic) bond motifs is 1. The van der Waals surface area contributed by atoms with Crippen LogP contribution in [0.15, 0.2) is 23.6 Å². The number of hydrogen-bond donors (Lipinski definition) is 1. The van der Waals surface area contributed by atoms with Gasteiger partial charge in [0, 0.05) is 25.2 Å². The molecule has 0 aromatic carbocycles. The van der Waals surface area contributed by atoms with E-state index in [0.717, 1.165) is 25.3 Å². The van der Waals surface area contributed by atoms with Crippen molar-refractivity contribution in [3.63, 3.8) is 0 Å². The Balaban J connectivity index is 2.00. The van der Waals surface area contributed by atoms with Crippen molar-refractivity contribution in [1.29, 1.82) is 0 Å². The second-order valence-corrected chi connectivity index (χ2v) is 6.79. The third-order valence-corrected chi connectivity index (χ3v) is 5.27. The molecule has 0 aliphatic carbocycles. The Kier molecular flexibility index (Phi) is 3.58. The number of nitrogens with zero attached hydrogens (tertiary/aromatic N) is 3. The van der Waals surface area contributed by atoms with Gasteiger partial charge in [-0.3, -0.25) is 4.79 Å². The van der Waals surface area contributed by atoms with Gasteiger partial charge in [0.15, 0.2) is 0 Å². The van der Waals surface area contributed by atoms with Gasteiger partial charge in [-0.15, -0.1) is 6.58 Å². The number of allylic oxidation sites excluding steroid dienone is 1. The molecule has 2 saturated heterocycles. The molecule has 2 aliphatic rings. The second kappa shape index (κ2) is 5.14. The van der Waals surface area contributed by atoms with Crippen LogP contribution in [-0.4, -0.2) is 35.0 Å². The average Bonchev–Trinajstić information content (AvgIpc) is 2.99. The predicted octanol–water partition coefficient (Wildman–Crippen LogP) is 1.52. The Hall–Kier alpha value is -1.33. The van der Waals surface area contributed by atoms with Gasteiger partial charge in [0.25, 0.3) is 5.56 Å². The fourth-order valence-electron chi connectivity index (χ4n) is 3.73. The summed E-state index contributed by atoms with van der Waals surface area (Å²) in [7, 11) is 0. The first-order chi connectivity index (χ1) is 9.96. The molecule has 0 saturated carbocycles. The third-order valence-electron chi connectivity index (χ3n) is 4.92. The lowest BCUT2D eigenvalue weighted by atomic mass is 9.85. The highest BCUT2D eigenvalue weighted by Gasteiger charge is 2.50. The molecule has 114 valence electrons. The second-order valence-electron chi connectivity index (χ2n) is 6.41. The minimum atomic E-state index is -0.250. The molecule has 0 spiro atoms. The molecular formula is C15H21ClN4O. The van der Waals surface area contributed by atoms with Gasteiger partial charge in [-0.1, -0.05) is 17.7 Å². The molecule has 0 amide bonds. The van der Waals surface area contributed by atoms with Gasteiger partial charge in [-0.2, -0.15) is 5.10 Å². The summed E-state index contributed by atoms with van der Waals surface area (Å²) in [6.07, 6.45) is 3.35. The number of aromatic nitrogens is 2. The summed E-state index contributed by atoms with van der Waals surface area (Å²) >= 11 is 6.33. The van der Waals surface area contributed by atoms with Crippen LogP contribution in [0.3, 0.4) is 0 Å². The first kappa shape index (κ1) is 14.6. The molecule has 0 radical (unpaired) electrons. The molecular weight excluding hydrogens is 288 g/mol. The zero-order chi connectivity index (χ0) is 15.2. The molecule has 21 heavy (non-hydrogen) atoms.